The van der Waals surface area contributed by atoms with Crippen LogP contribution in [0.2, 0.25) is 0 Å². The largest absolute Gasteiger partial charge is 0.416 e. The van der Waals surface area contributed by atoms with Crippen LogP contribution in [0, 0.1) is 5.92 Å². The second kappa shape index (κ2) is 8.83. The van der Waals surface area contributed by atoms with Crippen LogP contribution in [-0.4, -0.2) is 43.4 Å². The summed E-state index contributed by atoms with van der Waals surface area (Å²) in [6.45, 7) is 0.867. The highest BCUT2D eigenvalue weighted by atomic mass is 32.2. The molecule has 1 aromatic heterocycles. The Morgan fingerprint density at radius 2 is 1.74 bits per heavy atom. The molecule has 1 aromatic carbocycles. The molecule has 11 heteroatoms. The number of alkyl halides is 3. The normalized spacial score (nSPS) is 15.8. The van der Waals surface area contributed by atoms with Gasteiger partial charge in [-0.2, -0.15) is 13.2 Å². The lowest BCUT2D eigenvalue weighted by Crippen LogP contribution is -2.43. The van der Waals surface area contributed by atoms with E-state index in [0.29, 0.717) is 25.9 Å². The minimum absolute atomic E-state index is 0.0353. The van der Waals surface area contributed by atoms with Gasteiger partial charge in [0.1, 0.15) is 5.56 Å². The Hall–Kier alpha value is -2.66. The second-order valence-corrected chi connectivity index (χ2v) is 9.21. The Kier molecular flexibility index (Phi) is 6.56. The van der Waals surface area contributed by atoms with Gasteiger partial charge >= 0.3 is 6.18 Å². The number of halogens is 3. The molecule has 2 aromatic rings. The fraction of sp³-hybridized carbons (Fsp3) is 0.400. The monoisotopic (exact) mass is 457 g/mol. The lowest BCUT2D eigenvalue weighted by atomic mass is 9.97. The number of likely N-dealkylation sites (tertiary alicyclic amines) is 1. The number of piperidine rings is 1. The average molecular weight is 457 g/mol. The van der Waals surface area contributed by atoms with E-state index in [1.165, 1.54) is 10.6 Å². The zero-order chi connectivity index (χ0) is 22.8. The lowest BCUT2D eigenvalue weighted by molar-refractivity contribution is -0.137. The second-order valence-electron chi connectivity index (χ2n) is 7.45. The van der Waals surface area contributed by atoms with Gasteiger partial charge in [-0.25, -0.2) is 13.1 Å². The minimum atomic E-state index is -4.54. The summed E-state index contributed by atoms with van der Waals surface area (Å²) >= 11 is 0. The van der Waals surface area contributed by atoms with E-state index in [1.54, 1.807) is 24.2 Å². The first-order valence-corrected chi connectivity index (χ1v) is 11.1. The minimum Gasteiger partial charge on any atom is -0.338 e. The Bertz CT molecular complexity index is 1100. The van der Waals surface area contributed by atoms with Crippen molar-refractivity contribution in [2.24, 2.45) is 13.0 Å². The number of nitrogens with zero attached hydrogens (tertiary/aromatic N) is 2. The van der Waals surface area contributed by atoms with E-state index < -0.39 is 21.8 Å². The maximum absolute atomic E-state index is 12.6. The molecule has 0 spiro atoms. The number of carbonyl (C=O) groups excluding carboxylic acids is 1. The molecule has 1 saturated heterocycles. The van der Waals surface area contributed by atoms with Crippen molar-refractivity contribution in [2.75, 3.05) is 19.6 Å². The van der Waals surface area contributed by atoms with Gasteiger partial charge in [-0.05, 0) is 55.2 Å². The zero-order valence-corrected chi connectivity index (χ0v) is 17.5. The zero-order valence-electron chi connectivity index (χ0n) is 16.7. The predicted molar refractivity (Wildman–Crippen MR) is 107 cm³/mol. The molecule has 0 atom stereocenters. The van der Waals surface area contributed by atoms with Crippen LogP contribution >= 0.6 is 0 Å². The van der Waals surface area contributed by atoms with Gasteiger partial charge in [-0.15, -0.1) is 0 Å². The molecule has 1 aliphatic rings. The van der Waals surface area contributed by atoms with Gasteiger partial charge in [0.2, 0.25) is 10.0 Å². The molecule has 2 heterocycles. The first-order valence-electron chi connectivity index (χ1n) is 9.61. The van der Waals surface area contributed by atoms with Crippen LogP contribution < -0.4 is 10.3 Å². The number of aromatic nitrogens is 1. The molecule has 0 unspecified atom stereocenters. The smallest absolute Gasteiger partial charge is 0.338 e. The van der Waals surface area contributed by atoms with Gasteiger partial charge in [0.05, 0.1) is 10.5 Å². The first-order chi connectivity index (χ1) is 14.5. The van der Waals surface area contributed by atoms with Gasteiger partial charge in [0.15, 0.2) is 0 Å². The number of rotatable bonds is 5. The van der Waals surface area contributed by atoms with E-state index in [9.17, 15) is 31.2 Å². The summed E-state index contributed by atoms with van der Waals surface area (Å²) in [5.74, 6) is -0.392. The standard InChI is InChI=1S/C20H22F3N3O4S/c1-25-10-2-3-17(18(25)27)19(28)26-11-8-14(9-12-26)13-24-31(29,30)16-6-4-15(5-7-16)20(21,22)23/h2-7,10,14,24H,8-9,11-13H2,1H3. The summed E-state index contributed by atoms with van der Waals surface area (Å²) in [7, 11) is -2.38. The molecule has 31 heavy (non-hydrogen) atoms. The van der Waals surface area contributed by atoms with Crippen LogP contribution in [0.1, 0.15) is 28.8 Å². The van der Waals surface area contributed by atoms with Crippen molar-refractivity contribution < 1.29 is 26.4 Å². The van der Waals surface area contributed by atoms with E-state index in [4.69, 9.17) is 0 Å². The number of benzene rings is 1. The van der Waals surface area contributed by atoms with Crippen LogP contribution in [-0.2, 0) is 23.2 Å². The van der Waals surface area contributed by atoms with E-state index in [1.807, 2.05) is 0 Å². The van der Waals surface area contributed by atoms with Crippen molar-refractivity contribution in [3.05, 3.63) is 64.1 Å². The number of nitrogens with one attached hydrogen (secondary N) is 1. The fourth-order valence-corrected chi connectivity index (χ4v) is 4.52. The number of carbonyl (C=O) groups is 1. The topological polar surface area (TPSA) is 88.5 Å². The molecular weight excluding hydrogens is 435 g/mol. The Morgan fingerprint density at radius 1 is 1.13 bits per heavy atom. The Balaban J connectivity index is 1.55. The number of aryl methyl sites for hydroxylation is 1. The molecule has 0 bridgehead atoms. The predicted octanol–water partition coefficient (Wildman–Crippen LogP) is 2.23. The van der Waals surface area contributed by atoms with Gasteiger partial charge in [-0.3, -0.25) is 9.59 Å². The number of hydrogen-bond donors (Lipinski definition) is 1. The van der Waals surface area contributed by atoms with Crippen LogP contribution in [0.5, 0.6) is 0 Å². The molecule has 1 fully saturated rings. The SMILES string of the molecule is Cn1cccc(C(=O)N2CCC(CNS(=O)(=O)c3ccc(C(F)(F)F)cc3)CC2)c1=O. The first kappa shape index (κ1) is 23.0. The maximum Gasteiger partial charge on any atom is 0.416 e. The van der Waals surface area contributed by atoms with Gasteiger partial charge in [0.25, 0.3) is 11.5 Å². The molecule has 1 aliphatic heterocycles. The molecular formula is C20H22F3N3O4S. The van der Waals surface area contributed by atoms with Gasteiger partial charge in [0, 0.05) is 32.9 Å². The highest BCUT2D eigenvalue weighted by molar-refractivity contribution is 7.89. The van der Waals surface area contributed by atoms with Crippen LogP contribution in [0.4, 0.5) is 13.2 Å². The summed E-state index contributed by atoms with van der Waals surface area (Å²) in [5, 5.41) is 0. The third-order valence-electron chi connectivity index (χ3n) is 5.31. The van der Waals surface area contributed by atoms with Gasteiger partial charge < -0.3 is 9.47 Å². The van der Waals surface area contributed by atoms with Crippen LogP contribution in [0.15, 0.2) is 52.3 Å². The lowest BCUT2D eigenvalue weighted by Gasteiger charge is -2.32. The maximum atomic E-state index is 12.6. The van der Waals surface area contributed by atoms with E-state index in [2.05, 4.69) is 4.72 Å². The molecule has 1 N–H and O–H groups in total. The molecule has 7 nitrogen and oxygen atoms in total. The van der Waals surface area contributed by atoms with Gasteiger partial charge in [-0.1, -0.05) is 0 Å². The third-order valence-corrected chi connectivity index (χ3v) is 6.75. The molecule has 0 radical (unpaired) electrons. The molecule has 168 valence electrons. The van der Waals surface area contributed by atoms with Crippen LogP contribution in [0.3, 0.4) is 0 Å². The number of hydrogen-bond acceptors (Lipinski definition) is 4. The van der Waals surface area contributed by atoms with Crippen molar-refractivity contribution >= 4 is 15.9 Å². The third kappa shape index (κ3) is 5.34. The Labute approximate surface area is 177 Å². The molecule has 0 aliphatic carbocycles. The molecule has 3 rings (SSSR count). The molecule has 0 saturated carbocycles. The summed E-state index contributed by atoms with van der Waals surface area (Å²) in [6, 6.07) is 6.41. The van der Waals surface area contributed by atoms with Crippen molar-refractivity contribution in [3.63, 3.8) is 0 Å². The van der Waals surface area contributed by atoms with Crippen molar-refractivity contribution in [1.82, 2.24) is 14.2 Å². The van der Waals surface area contributed by atoms with Crippen LogP contribution in [0.25, 0.3) is 0 Å². The number of amides is 1. The quantitative estimate of drug-likeness (QED) is 0.746. The molecule has 1 amide bonds. The summed E-state index contributed by atoms with van der Waals surface area (Å²) in [5.41, 5.74) is -1.21. The van der Waals surface area contributed by atoms with E-state index in [-0.39, 0.29) is 34.4 Å². The van der Waals surface area contributed by atoms with Crippen molar-refractivity contribution in [3.8, 4) is 0 Å². The highest BCUT2D eigenvalue weighted by Gasteiger charge is 2.31. The van der Waals surface area contributed by atoms with E-state index >= 15 is 0 Å². The summed E-state index contributed by atoms with van der Waals surface area (Å²) in [6.07, 6.45) is -1.90. The van der Waals surface area contributed by atoms with E-state index in [0.717, 1.165) is 24.3 Å². The fourth-order valence-electron chi connectivity index (χ4n) is 3.40. The highest BCUT2D eigenvalue weighted by Crippen LogP contribution is 2.29. The van der Waals surface area contributed by atoms with Crippen molar-refractivity contribution in [1.29, 1.82) is 0 Å². The average Bonchev–Trinajstić information content (AvgIpc) is 2.74. The summed E-state index contributed by atoms with van der Waals surface area (Å²) < 4.78 is 66.4. The number of sulfonamides is 1. The number of pyridine rings is 1. The van der Waals surface area contributed by atoms with Crippen molar-refractivity contribution in [2.45, 2.75) is 23.9 Å². The Morgan fingerprint density at radius 3 is 2.32 bits per heavy atom. The summed E-state index contributed by atoms with van der Waals surface area (Å²) in [4.78, 5) is 26.0.